The molecular formula is C16H15NO4. The number of aryl methyl sites for hydroxylation is 1. The Morgan fingerprint density at radius 1 is 1.38 bits per heavy atom. The Bertz CT molecular complexity index is 665. The molecule has 2 fully saturated rings. The first-order valence-corrected chi connectivity index (χ1v) is 7.00. The van der Waals surface area contributed by atoms with Gasteiger partial charge in [0.1, 0.15) is 11.5 Å². The summed E-state index contributed by atoms with van der Waals surface area (Å²) in [6.45, 7) is 2.37. The number of hydrogen-bond donors (Lipinski definition) is 1. The molecule has 1 aromatic carbocycles. The van der Waals surface area contributed by atoms with E-state index in [-0.39, 0.29) is 5.91 Å². The number of carboxylic acids is 1. The van der Waals surface area contributed by atoms with Crippen molar-refractivity contribution in [3.8, 4) is 0 Å². The van der Waals surface area contributed by atoms with Gasteiger partial charge in [0.25, 0.3) is 0 Å². The molecule has 2 bridgehead atoms. The summed E-state index contributed by atoms with van der Waals surface area (Å²) in [5.41, 5.74) is 1.14. The van der Waals surface area contributed by atoms with E-state index in [0.717, 1.165) is 11.3 Å². The highest BCUT2D eigenvalue weighted by Gasteiger charge is 2.67. The molecule has 108 valence electrons. The summed E-state index contributed by atoms with van der Waals surface area (Å²) >= 11 is 0. The Balaban J connectivity index is 1.73. The van der Waals surface area contributed by atoms with Gasteiger partial charge in [-0.15, -0.1) is 0 Å². The molecule has 1 N–H and O–H groups in total. The van der Waals surface area contributed by atoms with Gasteiger partial charge < -0.3 is 14.7 Å². The van der Waals surface area contributed by atoms with Gasteiger partial charge in [-0.25, -0.2) is 0 Å². The first-order valence-electron chi connectivity index (χ1n) is 7.00. The van der Waals surface area contributed by atoms with E-state index in [2.05, 4.69) is 0 Å². The third-order valence-corrected chi connectivity index (χ3v) is 4.73. The molecule has 5 heteroatoms. The van der Waals surface area contributed by atoms with Crippen LogP contribution in [-0.4, -0.2) is 35.2 Å². The van der Waals surface area contributed by atoms with Gasteiger partial charge >= 0.3 is 5.97 Å². The lowest BCUT2D eigenvalue weighted by molar-refractivity contribution is -0.146. The molecular weight excluding hydrogens is 270 g/mol. The third kappa shape index (κ3) is 1.55. The van der Waals surface area contributed by atoms with Gasteiger partial charge in [0, 0.05) is 5.69 Å². The van der Waals surface area contributed by atoms with Crippen LogP contribution in [0.3, 0.4) is 0 Å². The molecule has 3 aliphatic heterocycles. The lowest BCUT2D eigenvalue weighted by Crippen LogP contribution is -2.39. The highest BCUT2D eigenvalue weighted by molar-refractivity contribution is 6.02. The molecule has 2 saturated heterocycles. The summed E-state index contributed by atoms with van der Waals surface area (Å²) in [4.78, 5) is 25.8. The Morgan fingerprint density at radius 2 is 2.10 bits per heavy atom. The summed E-state index contributed by atoms with van der Waals surface area (Å²) in [5, 5.41) is 9.41. The van der Waals surface area contributed by atoms with Crippen LogP contribution in [0.2, 0.25) is 0 Å². The number of benzene rings is 1. The summed E-state index contributed by atoms with van der Waals surface area (Å²) in [5.74, 6) is -2.52. The SMILES string of the molecule is Cc1ccc(N2C[C@@]34C=C[C@@H](O3)[C@H](C(=O)O)[C@@H]4C2=O)cc1. The van der Waals surface area contributed by atoms with Crippen molar-refractivity contribution < 1.29 is 19.4 Å². The topological polar surface area (TPSA) is 66.8 Å². The Labute approximate surface area is 121 Å². The van der Waals surface area contributed by atoms with Crippen molar-refractivity contribution in [1.29, 1.82) is 0 Å². The molecule has 4 atom stereocenters. The molecule has 3 aliphatic rings. The molecule has 4 rings (SSSR count). The minimum absolute atomic E-state index is 0.155. The number of hydrogen-bond acceptors (Lipinski definition) is 3. The van der Waals surface area contributed by atoms with Crippen LogP contribution < -0.4 is 4.90 Å². The molecule has 0 aliphatic carbocycles. The van der Waals surface area contributed by atoms with Gasteiger partial charge in [0.15, 0.2) is 0 Å². The fourth-order valence-corrected chi connectivity index (χ4v) is 3.72. The zero-order valence-electron chi connectivity index (χ0n) is 11.5. The predicted octanol–water partition coefficient (Wildman–Crippen LogP) is 1.37. The van der Waals surface area contributed by atoms with E-state index in [9.17, 15) is 14.7 Å². The fraction of sp³-hybridized carbons (Fsp3) is 0.375. The molecule has 1 amide bonds. The lowest BCUT2D eigenvalue weighted by atomic mass is 9.77. The maximum absolute atomic E-state index is 12.7. The standard InChI is InChI=1S/C16H15NO4/c1-9-2-4-10(5-3-9)17-8-16-7-6-11(21-16)12(15(19)20)13(16)14(17)18/h2-7,11-13H,8H2,1H3,(H,19,20)/t11-,12+,13-,16-/m1/s1. The third-order valence-electron chi connectivity index (χ3n) is 4.73. The molecule has 0 radical (unpaired) electrons. The second-order valence-electron chi connectivity index (χ2n) is 6.00. The highest BCUT2D eigenvalue weighted by atomic mass is 16.5. The minimum Gasteiger partial charge on any atom is -0.481 e. The van der Waals surface area contributed by atoms with Crippen molar-refractivity contribution in [2.75, 3.05) is 11.4 Å². The first-order chi connectivity index (χ1) is 10.0. The van der Waals surface area contributed by atoms with E-state index >= 15 is 0 Å². The van der Waals surface area contributed by atoms with Crippen molar-refractivity contribution >= 4 is 17.6 Å². The zero-order valence-corrected chi connectivity index (χ0v) is 11.5. The number of anilines is 1. The summed E-state index contributed by atoms with van der Waals surface area (Å²) < 4.78 is 5.85. The average molecular weight is 285 g/mol. The van der Waals surface area contributed by atoms with Crippen LogP contribution >= 0.6 is 0 Å². The highest BCUT2D eigenvalue weighted by Crippen LogP contribution is 2.52. The largest absolute Gasteiger partial charge is 0.481 e. The van der Waals surface area contributed by atoms with Crippen molar-refractivity contribution in [2.45, 2.75) is 18.6 Å². The number of aliphatic carboxylic acids is 1. The molecule has 21 heavy (non-hydrogen) atoms. The van der Waals surface area contributed by atoms with Gasteiger partial charge in [-0.3, -0.25) is 9.59 Å². The van der Waals surface area contributed by atoms with Gasteiger partial charge in [0.05, 0.1) is 18.6 Å². The van der Waals surface area contributed by atoms with Crippen LogP contribution in [0.25, 0.3) is 0 Å². The second-order valence-corrected chi connectivity index (χ2v) is 6.00. The quantitative estimate of drug-likeness (QED) is 0.833. The fourth-order valence-electron chi connectivity index (χ4n) is 3.72. The number of amides is 1. The smallest absolute Gasteiger partial charge is 0.310 e. The number of nitrogens with zero attached hydrogens (tertiary/aromatic N) is 1. The van der Waals surface area contributed by atoms with E-state index in [1.165, 1.54) is 0 Å². The van der Waals surface area contributed by atoms with Crippen molar-refractivity contribution in [3.05, 3.63) is 42.0 Å². The normalized spacial score (nSPS) is 36.3. The molecule has 0 saturated carbocycles. The molecule has 1 spiro atoms. The number of carbonyl (C=O) groups excluding carboxylic acids is 1. The Morgan fingerprint density at radius 3 is 2.76 bits per heavy atom. The number of ether oxygens (including phenoxy) is 1. The lowest BCUT2D eigenvalue weighted by Gasteiger charge is -2.21. The van der Waals surface area contributed by atoms with Crippen LogP contribution in [-0.2, 0) is 14.3 Å². The monoisotopic (exact) mass is 285 g/mol. The van der Waals surface area contributed by atoms with Crippen molar-refractivity contribution in [1.82, 2.24) is 0 Å². The number of carbonyl (C=O) groups is 2. The van der Waals surface area contributed by atoms with Crippen LogP contribution in [0.15, 0.2) is 36.4 Å². The van der Waals surface area contributed by atoms with Gasteiger partial charge in [0.2, 0.25) is 5.91 Å². The summed E-state index contributed by atoms with van der Waals surface area (Å²) in [6.07, 6.45) is 3.17. The number of rotatable bonds is 2. The van der Waals surface area contributed by atoms with Crippen molar-refractivity contribution in [2.24, 2.45) is 11.8 Å². The van der Waals surface area contributed by atoms with Crippen LogP contribution in [0.1, 0.15) is 5.56 Å². The molecule has 5 nitrogen and oxygen atoms in total. The van der Waals surface area contributed by atoms with Crippen LogP contribution in [0.4, 0.5) is 5.69 Å². The maximum atomic E-state index is 12.7. The summed E-state index contributed by atoms with van der Waals surface area (Å²) in [7, 11) is 0. The predicted molar refractivity (Wildman–Crippen MR) is 74.9 cm³/mol. The molecule has 0 unspecified atom stereocenters. The van der Waals surface area contributed by atoms with Gasteiger partial charge in [-0.2, -0.15) is 0 Å². The Kier molecular flexibility index (Phi) is 2.37. The first kappa shape index (κ1) is 12.6. The molecule has 3 heterocycles. The van der Waals surface area contributed by atoms with Crippen LogP contribution in [0.5, 0.6) is 0 Å². The van der Waals surface area contributed by atoms with E-state index in [1.54, 1.807) is 11.0 Å². The van der Waals surface area contributed by atoms with Gasteiger partial charge in [-0.1, -0.05) is 29.8 Å². The molecule has 0 aromatic heterocycles. The maximum Gasteiger partial charge on any atom is 0.310 e. The molecule has 1 aromatic rings. The zero-order chi connectivity index (χ0) is 14.8. The number of carboxylic acid groups (broad SMARTS) is 1. The number of fused-ring (bicyclic) bond motifs is 1. The second kappa shape index (κ2) is 3.95. The van der Waals surface area contributed by atoms with E-state index < -0.39 is 29.5 Å². The summed E-state index contributed by atoms with van der Waals surface area (Å²) in [6, 6.07) is 7.65. The Hall–Kier alpha value is -2.14. The van der Waals surface area contributed by atoms with E-state index in [0.29, 0.717) is 6.54 Å². The van der Waals surface area contributed by atoms with Crippen molar-refractivity contribution in [3.63, 3.8) is 0 Å². The van der Waals surface area contributed by atoms with E-state index in [4.69, 9.17) is 4.74 Å². The minimum atomic E-state index is -0.963. The van der Waals surface area contributed by atoms with Gasteiger partial charge in [-0.05, 0) is 19.1 Å². The van der Waals surface area contributed by atoms with E-state index in [1.807, 2.05) is 37.3 Å². The average Bonchev–Trinajstić information content (AvgIpc) is 3.08. The van der Waals surface area contributed by atoms with Crippen LogP contribution in [0, 0.1) is 18.8 Å².